The third-order valence-electron chi connectivity index (χ3n) is 5.83. The number of non-ortho nitro benzene ring substituents is 1. The summed E-state index contributed by atoms with van der Waals surface area (Å²) in [7, 11) is 0. The fourth-order valence-electron chi connectivity index (χ4n) is 3.98. The van der Waals surface area contributed by atoms with Crippen molar-refractivity contribution in [2.75, 3.05) is 0 Å². The van der Waals surface area contributed by atoms with Crippen molar-refractivity contribution in [3.05, 3.63) is 123 Å². The SMILES string of the molecule is O=C1S/C(=C/c2ccccc2OCc2ccc([N+](=O)[O-])cc2)C(=O)N1Cc1cccc2ccccc12. The Bertz CT molecular complexity index is 1510. The number of carbonyl (C=O) groups is 2. The molecule has 8 heteroatoms. The van der Waals surface area contributed by atoms with Gasteiger partial charge in [0.25, 0.3) is 16.8 Å². The molecule has 1 aliphatic heterocycles. The number of rotatable bonds is 7. The number of imide groups is 1. The number of nitro benzene ring substituents is 1. The second-order valence-electron chi connectivity index (χ2n) is 8.16. The van der Waals surface area contributed by atoms with E-state index in [4.69, 9.17) is 4.74 Å². The predicted molar refractivity (Wildman–Crippen MR) is 139 cm³/mol. The smallest absolute Gasteiger partial charge is 0.293 e. The van der Waals surface area contributed by atoms with Crippen LogP contribution in [0.5, 0.6) is 5.75 Å². The van der Waals surface area contributed by atoms with E-state index in [0.29, 0.717) is 16.2 Å². The van der Waals surface area contributed by atoms with Gasteiger partial charge in [-0.3, -0.25) is 24.6 Å². The van der Waals surface area contributed by atoms with Crippen LogP contribution in [0.3, 0.4) is 0 Å². The lowest BCUT2D eigenvalue weighted by molar-refractivity contribution is -0.384. The highest BCUT2D eigenvalue weighted by molar-refractivity contribution is 8.18. The van der Waals surface area contributed by atoms with Crippen LogP contribution < -0.4 is 4.74 Å². The minimum absolute atomic E-state index is 0.0124. The Morgan fingerprint density at radius 2 is 1.61 bits per heavy atom. The van der Waals surface area contributed by atoms with Gasteiger partial charge in [-0.25, -0.2) is 0 Å². The standard InChI is InChI=1S/C28H20N2O5S/c31-27-26(36-28(32)29(27)17-22-9-5-8-20-6-1-3-10-24(20)22)16-21-7-2-4-11-25(21)35-18-19-12-14-23(15-13-19)30(33)34/h1-16H,17-18H2/b26-16+. The lowest BCUT2D eigenvalue weighted by Crippen LogP contribution is -2.27. The number of thioether (sulfide) groups is 1. The van der Waals surface area contributed by atoms with Gasteiger partial charge in [-0.05, 0) is 57.9 Å². The molecular formula is C28H20N2O5S. The van der Waals surface area contributed by atoms with E-state index in [0.717, 1.165) is 33.7 Å². The van der Waals surface area contributed by atoms with Gasteiger partial charge in [0, 0.05) is 17.7 Å². The molecule has 36 heavy (non-hydrogen) atoms. The first-order chi connectivity index (χ1) is 17.5. The molecule has 0 bridgehead atoms. The van der Waals surface area contributed by atoms with E-state index in [1.54, 1.807) is 24.3 Å². The fraction of sp³-hybridized carbons (Fsp3) is 0.0714. The fourth-order valence-corrected chi connectivity index (χ4v) is 4.81. The first-order valence-corrected chi connectivity index (χ1v) is 12.0. The summed E-state index contributed by atoms with van der Waals surface area (Å²) in [5.41, 5.74) is 2.35. The van der Waals surface area contributed by atoms with Crippen LogP contribution in [0, 0.1) is 10.1 Å². The molecule has 0 radical (unpaired) electrons. The number of hydrogen-bond donors (Lipinski definition) is 0. The molecule has 2 amide bonds. The Morgan fingerprint density at radius 1 is 0.889 bits per heavy atom. The van der Waals surface area contributed by atoms with Crippen molar-refractivity contribution < 1.29 is 19.2 Å². The summed E-state index contributed by atoms with van der Waals surface area (Å²) in [6.07, 6.45) is 1.67. The minimum atomic E-state index is -0.451. The summed E-state index contributed by atoms with van der Waals surface area (Å²) in [5.74, 6) is 0.194. The number of benzene rings is 4. The molecule has 1 aliphatic rings. The van der Waals surface area contributed by atoms with E-state index < -0.39 is 4.92 Å². The van der Waals surface area contributed by atoms with E-state index >= 15 is 0 Å². The van der Waals surface area contributed by atoms with Gasteiger partial charge in [0.2, 0.25) is 0 Å². The van der Waals surface area contributed by atoms with Crippen molar-refractivity contribution in [1.82, 2.24) is 4.90 Å². The lowest BCUT2D eigenvalue weighted by atomic mass is 10.0. The molecule has 0 saturated carbocycles. The number of nitro groups is 1. The highest BCUT2D eigenvalue weighted by Gasteiger charge is 2.35. The Kier molecular flexibility index (Phi) is 6.51. The highest BCUT2D eigenvalue weighted by Crippen LogP contribution is 2.35. The molecule has 0 unspecified atom stereocenters. The molecule has 0 atom stereocenters. The van der Waals surface area contributed by atoms with E-state index in [9.17, 15) is 19.7 Å². The number of nitrogens with zero attached hydrogens (tertiary/aromatic N) is 2. The molecular weight excluding hydrogens is 476 g/mol. The third-order valence-corrected chi connectivity index (χ3v) is 6.74. The van der Waals surface area contributed by atoms with Crippen LogP contribution in [0.4, 0.5) is 10.5 Å². The maximum Gasteiger partial charge on any atom is 0.293 e. The number of hydrogen-bond acceptors (Lipinski definition) is 6. The Balaban J connectivity index is 1.34. The average Bonchev–Trinajstić information content (AvgIpc) is 3.16. The summed E-state index contributed by atoms with van der Waals surface area (Å²) in [6, 6.07) is 27.1. The van der Waals surface area contributed by atoms with Crippen molar-refractivity contribution in [3.8, 4) is 5.75 Å². The zero-order chi connectivity index (χ0) is 25.1. The van der Waals surface area contributed by atoms with Gasteiger partial charge in [-0.1, -0.05) is 60.7 Å². The Morgan fingerprint density at radius 3 is 2.42 bits per heavy atom. The van der Waals surface area contributed by atoms with Crippen molar-refractivity contribution in [2.24, 2.45) is 0 Å². The van der Waals surface area contributed by atoms with Crippen molar-refractivity contribution in [1.29, 1.82) is 0 Å². The van der Waals surface area contributed by atoms with Crippen LogP contribution >= 0.6 is 11.8 Å². The summed E-state index contributed by atoms with van der Waals surface area (Å²) < 4.78 is 5.93. The molecule has 0 aromatic heterocycles. The van der Waals surface area contributed by atoms with Gasteiger partial charge in [0.1, 0.15) is 12.4 Å². The number of para-hydroxylation sites is 1. The maximum absolute atomic E-state index is 13.2. The zero-order valence-electron chi connectivity index (χ0n) is 19.0. The molecule has 0 N–H and O–H groups in total. The predicted octanol–water partition coefficient (Wildman–Crippen LogP) is 6.56. The van der Waals surface area contributed by atoms with Crippen molar-refractivity contribution in [2.45, 2.75) is 13.2 Å². The number of ether oxygens (including phenoxy) is 1. The summed E-state index contributed by atoms with van der Waals surface area (Å²) in [4.78, 5) is 37.9. The summed E-state index contributed by atoms with van der Waals surface area (Å²) >= 11 is 0.908. The molecule has 7 nitrogen and oxygen atoms in total. The molecule has 1 heterocycles. The first kappa shape index (κ1) is 23.3. The molecule has 0 aliphatic carbocycles. The molecule has 1 saturated heterocycles. The van der Waals surface area contributed by atoms with Crippen molar-refractivity contribution in [3.63, 3.8) is 0 Å². The van der Waals surface area contributed by atoms with Crippen LogP contribution in [0.1, 0.15) is 16.7 Å². The average molecular weight is 497 g/mol. The van der Waals surface area contributed by atoms with Crippen LogP contribution in [-0.2, 0) is 17.9 Å². The normalized spacial score (nSPS) is 14.6. The molecule has 1 fully saturated rings. The van der Waals surface area contributed by atoms with Crippen LogP contribution in [-0.4, -0.2) is 21.0 Å². The highest BCUT2D eigenvalue weighted by atomic mass is 32.2. The molecule has 4 aromatic rings. The summed E-state index contributed by atoms with van der Waals surface area (Å²) in [5, 5.41) is 12.6. The molecule has 0 spiro atoms. The van der Waals surface area contributed by atoms with Gasteiger partial charge < -0.3 is 4.74 Å². The Labute approximate surface area is 211 Å². The van der Waals surface area contributed by atoms with Gasteiger partial charge >= 0.3 is 0 Å². The number of amides is 2. The molecule has 4 aromatic carbocycles. The zero-order valence-corrected chi connectivity index (χ0v) is 19.8. The maximum atomic E-state index is 13.2. The van der Waals surface area contributed by atoms with Gasteiger partial charge in [-0.15, -0.1) is 0 Å². The van der Waals surface area contributed by atoms with Gasteiger partial charge in [0.05, 0.1) is 16.4 Å². The van der Waals surface area contributed by atoms with Gasteiger partial charge in [-0.2, -0.15) is 0 Å². The third kappa shape index (κ3) is 4.85. The molecule has 178 valence electrons. The van der Waals surface area contributed by atoms with Crippen LogP contribution in [0.15, 0.2) is 95.9 Å². The Hall–Kier alpha value is -4.43. The largest absolute Gasteiger partial charge is 0.488 e. The van der Waals surface area contributed by atoms with Gasteiger partial charge in [0.15, 0.2) is 0 Å². The van der Waals surface area contributed by atoms with Crippen LogP contribution in [0.25, 0.3) is 16.8 Å². The van der Waals surface area contributed by atoms with Crippen molar-refractivity contribution >= 4 is 45.4 Å². The molecule has 5 rings (SSSR count). The second-order valence-corrected chi connectivity index (χ2v) is 9.15. The minimum Gasteiger partial charge on any atom is -0.488 e. The monoisotopic (exact) mass is 496 g/mol. The second kappa shape index (κ2) is 10.1. The number of fused-ring (bicyclic) bond motifs is 1. The van der Waals surface area contributed by atoms with E-state index in [2.05, 4.69) is 0 Å². The van der Waals surface area contributed by atoms with Crippen LogP contribution in [0.2, 0.25) is 0 Å². The first-order valence-electron chi connectivity index (χ1n) is 11.2. The topological polar surface area (TPSA) is 89.7 Å². The quantitative estimate of drug-likeness (QED) is 0.163. The van der Waals surface area contributed by atoms with E-state index in [1.165, 1.54) is 17.0 Å². The number of carbonyl (C=O) groups excluding carboxylic acids is 2. The van der Waals surface area contributed by atoms with E-state index in [-0.39, 0.29) is 30.0 Å². The summed E-state index contributed by atoms with van der Waals surface area (Å²) in [6.45, 7) is 0.396. The van der Waals surface area contributed by atoms with E-state index in [1.807, 2.05) is 60.7 Å². The lowest BCUT2D eigenvalue weighted by Gasteiger charge is -2.14.